The van der Waals surface area contributed by atoms with Gasteiger partial charge < -0.3 is 9.84 Å². The largest absolute Gasteiger partial charge is 0.506 e. The number of carbonyl (C=O) groups excluding carboxylic acids is 1. The second-order valence-electron chi connectivity index (χ2n) is 4.64. The highest BCUT2D eigenvalue weighted by atomic mass is 16.5. The molecule has 0 atom stereocenters. The van der Waals surface area contributed by atoms with Crippen LogP contribution in [0.4, 0.5) is 0 Å². The predicted molar refractivity (Wildman–Crippen MR) is 73.4 cm³/mol. The molecule has 19 heavy (non-hydrogen) atoms. The predicted octanol–water partition coefficient (Wildman–Crippen LogP) is 2.99. The number of rotatable bonds is 4. The van der Waals surface area contributed by atoms with Crippen LogP contribution < -0.4 is 0 Å². The van der Waals surface area contributed by atoms with Gasteiger partial charge >= 0.3 is 5.97 Å². The molecular formula is C15H17NO3. The number of aliphatic hydroxyl groups is 1. The van der Waals surface area contributed by atoms with Crippen LogP contribution >= 0.6 is 0 Å². The number of hydrogen-bond acceptors (Lipinski definition) is 4. The molecule has 0 aliphatic heterocycles. The van der Waals surface area contributed by atoms with Crippen LogP contribution in [0.2, 0.25) is 0 Å². The molecule has 2 N–H and O–H groups in total. The number of hydrogen-bond donors (Lipinski definition) is 2. The molecule has 100 valence electrons. The Morgan fingerprint density at radius 3 is 2.79 bits per heavy atom. The van der Waals surface area contributed by atoms with Crippen LogP contribution in [0, 0.1) is 12.3 Å². The summed E-state index contributed by atoms with van der Waals surface area (Å²) in [6, 6.07) is 5.36. The van der Waals surface area contributed by atoms with Crippen molar-refractivity contribution in [2.24, 2.45) is 0 Å². The number of ether oxygens (including phenoxy) is 1. The fourth-order valence-corrected chi connectivity index (χ4v) is 2.04. The first-order valence-electron chi connectivity index (χ1n) is 6.37. The Balaban J connectivity index is 2.26. The molecule has 1 aromatic carbocycles. The van der Waals surface area contributed by atoms with Crippen molar-refractivity contribution in [2.75, 3.05) is 6.61 Å². The zero-order valence-electron chi connectivity index (χ0n) is 11.1. The number of carbonyl (C=O) groups is 1. The molecule has 0 amide bonds. The lowest BCUT2D eigenvalue weighted by Crippen LogP contribution is -2.14. The van der Waals surface area contributed by atoms with Crippen molar-refractivity contribution in [3.8, 4) is 0 Å². The fourth-order valence-electron chi connectivity index (χ4n) is 2.04. The summed E-state index contributed by atoms with van der Waals surface area (Å²) in [6.07, 6.45) is 1.70. The minimum absolute atomic E-state index is 0.0308. The SMILES string of the molecule is CCCCOC(=O)C1=C(O)c2ccc(C)cc2C1=N. The van der Waals surface area contributed by atoms with Crippen molar-refractivity contribution in [1.29, 1.82) is 5.41 Å². The summed E-state index contributed by atoms with van der Waals surface area (Å²) in [5.74, 6) is -0.772. The molecule has 0 aromatic heterocycles. The Morgan fingerprint density at radius 1 is 1.37 bits per heavy atom. The van der Waals surface area contributed by atoms with Crippen LogP contribution in [0.3, 0.4) is 0 Å². The van der Waals surface area contributed by atoms with Crippen molar-refractivity contribution in [2.45, 2.75) is 26.7 Å². The zero-order valence-corrected chi connectivity index (χ0v) is 11.1. The van der Waals surface area contributed by atoms with E-state index in [9.17, 15) is 9.90 Å². The van der Waals surface area contributed by atoms with Crippen molar-refractivity contribution < 1.29 is 14.6 Å². The third-order valence-electron chi connectivity index (χ3n) is 3.12. The van der Waals surface area contributed by atoms with Gasteiger partial charge in [-0.25, -0.2) is 4.79 Å². The van der Waals surface area contributed by atoms with E-state index in [1.807, 2.05) is 19.9 Å². The Kier molecular flexibility index (Phi) is 3.69. The molecule has 1 aromatic rings. The monoisotopic (exact) mass is 259 g/mol. The van der Waals surface area contributed by atoms with Crippen LogP contribution in [-0.2, 0) is 9.53 Å². The third kappa shape index (κ3) is 2.38. The molecule has 4 heteroatoms. The van der Waals surface area contributed by atoms with E-state index in [0.29, 0.717) is 17.7 Å². The van der Waals surface area contributed by atoms with E-state index in [1.54, 1.807) is 12.1 Å². The molecule has 1 aliphatic carbocycles. The van der Waals surface area contributed by atoms with E-state index in [-0.39, 0.29) is 17.0 Å². The Hall–Kier alpha value is -2.10. The van der Waals surface area contributed by atoms with Gasteiger partial charge in [0.05, 0.1) is 12.3 Å². The van der Waals surface area contributed by atoms with Crippen LogP contribution in [0.1, 0.15) is 36.5 Å². The van der Waals surface area contributed by atoms with Gasteiger partial charge in [-0.05, 0) is 19.4 Å². The number of unbranched alkanes of at least 4 members (excludes halogenated alkanes) is 1. The van der Waals surface area contributed by atoms with Gasteiger partial charge in [-0.1, -0.05) is 31.0 Å². The third-order valence-corrected chi connectivity index (χ3v) is 3.12. The molecule has 0 unspecified atom stereocenters. The van der Waals surface area contributed by atoms with Crippen LogP contribution in [0.25, 0.3) is 5.76 Å². The summed E-state index contributed by atoms with van der Waals surface area (Å²) in [4.78, 5) is 11.9. The highest BCUT2D eigenvalue weighted by Crippen LogP contribution is 2.32. The normalized spacial score (nSPS) is 13.7. The van der Waals surface area contributed by atoms with Crippen LogP contribution in [0.15, 0.2) is 23.8 Å². The second kappa shape index (κ2) is 5.26. The lowest BCUT2D eigenvalue weighted by molar-refractivity contribution is -0.138. The second-order valence-corrected chi connectivity index (χ2v) is 4.64. The van der Waals surface area contributed by atoms with Gasteiger partial charge in [-0.3, -0.25) is 5.41 Å². The molecule has 1 aliphatic rings. The summed E-state index contributed by atoms with van der Waals surface area (Å²) < 4.78 is 5.07. The van der Waals surface area contributed by atoms with Crippen molar-refractivity contribution >= 4 is 17.4 Å². The maximum Gasteiger partial charge on any atom is 0.344 e. The first-order chi connectivity index (χ1) is 9.06. The fraction of sp³-hybridized carbons (Fsp3) is 0.333. The molecule has 2 rings (SSSR count). The highest BCUT2D eigenvalue weighted by Gasteiger charge is 2.32. The van der Waals surface area contributed by atoms with E-state index in [1.165, 1.54) is 0 Å². The van der Waals surface area contributed by atoms with Crippen molar-refractivity contribution in [1.82, 2.24) is 0 Å². The van der Waals surface area contributed by atoms with Gasteiger partial charge in [-0.2, -0.15) is 0 Å². The number of benzene rings is 1. The number of esters is 1. The topological polar surface area (TPSA) is 70.4 Å². The molecule has 0 heterocycles. The van der Waals surface area contributed by atoms with Crippen molar-refractivity contribution in [3.05, 3.63) is 40.5 Å². The summed E-state index contributed by atoms with van der Waals surface area (Å²) in [6.45, 7) is 4.22. The van der Waals surface area contributed by atoms with E-state index in [4.69, 9.17) is 10.1 Å². The molecule has 0 saturated carbocycles. The van der Waals surface area contributed by atoms with E-state index >= 15 is 0 Å². The lowest BCUT2D eigenvalue weighted by Gasteiger charge is -2.05. The lowest BCUT2D eigenvalue weighted by atomic mass is 10.0. The van der Waals surface area contributed by atoms with Crippen molar-refractivity contribution in [3.63, 3.8) is 0 Å². The number of aryl methyl sites for hydroxylation is 1. The summed E-state index contributed by atoms with van der Waals surface area (Å²) in [5.41, 5.74) is 2.10. The van der Waals surface area contributed by atoms with Gasteiger partial charge in [-0.15, -0.1) is 0 Å². The van der Waals surface area contributed by atoms with Gasteiger partial charge in [0, 0.05) is 11.1 Å². The highest BCUT2D eigenvalue weighted by molar-refractivity contribution is 6.33. The maximum atomic E-state index is 11.9. The molecule has 0 fully saturated rings. The average Bonchev–Trinajstić information content (AvgIpc) is 2.62. The number of fused-ring (bicyclic) bond motifs is 1. The maximum absolute atomic E-state index is 11.9. The number of nitrogens with one attached hydrogen (secondary N) is 1. The molecule has 0 saturated heterocycles. The minimum Gasteiger partial charge on any atom is -0.506 e. The quantitative estimate of drug-likeness (QED) is 0.645. The first kappa shape index (κ1) is 13.3. The zero-order chi connectivity index (χ0) is 14.0. The Bertz CT molecular complexity index is 573. The van der Waals surface area contributed by atoms with Gasteiger partial charge in [0.25, 0.3) is 0 Å². The molecular weight excluding hydrogens is 242 g/mol. The molecule has 0 radical (unpaired) electrons. The summed E-state index contributed by atoms with van der Waals surface area (Å²) in [7, 11) is 0. The Morgan fingerprint density at radius 2 is 2.11 bits per heavy atom. The van der Waals surface area contributed by atoms with E-state index in [0.717, 1.165) is 18.4 Å². The first-order valence-corrected chi connectivity index (χ1v) is 6.37. The van der Waals surface area contributed by atoms with Gasteiger partial charge in [0.2, 0.25) is 0 Å². The smallest absolute Gasteiger partial charge is 0.344 e. The molecule has 0 spiro atoms. The average molecular weight is 259 g/mol. The summed E-state index contributed by atoms with van der Waals surface area (Å²) in [5, 5.41) is 18.1. The molecule has 4 nitrogen and oxygen atoms in total. The number of aliphatic hydroxyl groups excluding tert-OH is 1. The van der Waals surface area contributed by atoms with Crippen LogP contribution in [0.5, 0.6) is 0 Å². The minimum atomic E-state index is -0.621. The molecule has 0 bridgehead atoms. The van der Waals surface area contributed by atoms with E-state index in [2.05, 4.69) is 0 Å². The van der Waals surface area contributed by atoms with Gasteiger partial charge in [0.15, 0.2) is 0 Å². The van der Waals surface area contributed by atoms with Gasteiger partial charge in [0.1, 0.15) is 11.3 Å². The van der Waals surface area contributed by atoms with Crippen LogP contribution in [-0.4, -0.2) is 23.4 Å². The summed E-state index contributed by atoms with van der Waals surface area (Å²) >= 11 is 0. The Labute approximate surface area is 112 Å². The van der Waals surface area contributed by atoms with E-state index < -0.39 is 5.97 Å². The standard InChI is InChI=1S/C15H17NO3/c1-3-4-7-19-15(18)12-13(16)11-8-9(2)5-6-10(11)14(12)17/h5-6,8,16-17H,3-4,7H2,1-2H3.